The molecule has 0 unspecified atom stereocenters. The number of pyridine rings is 1. The number of ether oxygens (including phenoxy) is 1. The van der Waals surface area contributed by atoms with Gasteiger partial charge in [0.2, 0.25) is 0 Å². The number of benzene rings is 1. The molecule has 0 saturated carbocycles. The van der Waals surface area contributed by atoms with Gasteiger partial charge in [-0.2, -0.15) is 5.26 Å². The zero-order chi connectivity index (χ0) is 22.5. The van der Waals surface area contributed by atoms with Crippen LogP contribution in [0.3, 0.4) is 0 Å². The summed E-state index contributed by atoms with van der Waals surface area (Å²) >= 11 is 0. The highest BCUT2D eigenvalue weighted by molar-refractivity contribution is 6.56. The van der Waals surface area contributed by atoms with Crippen LogP contribution in [0.25, 0.3) is 6.08 Å². The molecule has 31 heavy (non-hydrogen) atoms. The molecular weight excluding hydrogens is 393 g/mol. The molecule has 160 valence electrons. The first kappa shape index (κ1) is 22.5. The predicted octanol–water partition coefficient (Wildman–Crippen LogP) is 3.89. The quantitative estimate of drug-likeness (QED) is 0.714. The van der Waals surface area contributed by atoms with Crippen molar-refractivity contribution in [3.05, 3.63) is 71.0 Å². The first-order valence-corrected chi connectivity index (χ1v) is 10.1. The number of nitrogens with one attached hydrogen (secondary N) is 1. The van der Waals surface area contributed by atoms with Gasteiger partial charge in [-0.1, -0.05) is 30.3 Å². The van der Waals surface area contributed by atoms with Gasteiger partial charge in [-0.05, 0) is 56.9 Å². The van der Waals surface area contributed by atoms with Crippen LogP contribution >= 0.6 is 0 Å². The second-order valence-corrected chi connectivity index (χ2v) is 8.30. The fraction of sp³-hybridized carbons (Fsp3) is 0.348. The van der Waals surface area contributed by atoms with E-state index in [1.807, 2.05) is 58.0 Å². The van der Waals surface area contributed by atoms with E-state index in [-0.39, 0.29) is 13.2 Å². The third-order valence-corrected chi connectivity index (χ3v) is 5.45. The molecule has 1 aromatic heterocycles. The van der Waals surface area contributed by atoms with Gasteiger partial charge in [0.1, 0.15) is 6.61 Å². The van der Waals surface area contributed by atoms with E-state index >= 15 is 0 Å². The lowest BCUT2D eigenvalue weighted by Crippen LogP contribution is -2.41. The second kappa shape index (κ2) is 9.33. The van der Waals surface area contributed by atoms with Gasteiger partial charge in [0.25, 0.3) is 0 Å². The molecule has 8 heteroatoms. The Morgan fingerprint density at radius 3 is 2.52 bits per heavy atom. The lowest BCUT2D eigenvalue weighted by Gasteiger charge is -2.32. The number of amides is 1. The van der Waals surface area contributed by atoms with Crippen molar-refractivity contribution in [3.8, 4) is 6.07 Å². The highest BCUT2D eigenvalue weighted by Crippen LogP contribution is 2.38. The van der Waals surface area contributed by atoms with Crippen molar-refractivity contribution in [3.63, 3.8) is 0 Å². The van der Waals surface area contributed by atoms with E-state index in [0.29, 0.717) is 16.7 Å². The van der Waals surface area contributed by atoms with Crippen molar-refractivity contribution < 1.29 is 18.8 Å². The summed E-state index contributed by atoms with van der Waals surface area (Å²) in [5, 5.41) is 11.9. The van der Waals surface area contributed by atoms with Crippen LogP contribution in [0.2, 0.25) is 0 Å². The normalized spacial score (nSPS) is 17.1. The second-order valence-electron chi connectivity index (χ2n) is 8.30. The molecule has 2 aromatic rings. The summed E-state index contributed by atoms with van der Waals surface area (Å²) in [6.07, 6.45) is 2.78. The van der Waals surface area contributed by atoms with Crippen molar-refractivity contribution in [1.29, 1.82) is 5.26 Å². The lowest BCUT2D eigenvalue weighted by molar-refractivity contribution is 0.00578. The number of aromatic nitrogens is 1. The number of nitrogens with zero attached hydrogens (tertiary/aromatic N) is 2. The molecule has 1 saturated heterocycles. The Morgan fingerprint density at radius 1 is 1.19 bits per heavy atom. The maximum Gasteiger partial charge on any atom is 0.492 e. The van der Waals surface area contributed by atoms with E-state index in [1.54, 1.807) is 24.4 Å². The average molecular weight is 419 g/mol. The molecule has 0 radical (unpaired) electrons. The van der Waals surface area contributed by atoms with Crippen molar-refractivity contribution >= 4 is 19.3 Å². The smallest absolute Gasteiger partial charge is 0.445 e. The molecule has 0 spiro atoms. The van der Waals surface area contributed by atoms with E-state index in [0.717, 1.165) is 5.56 Å². The summed E-state index contributed by atoms with van der Waals surface area (Å²) in [5.41, 5.74) is 1.56. The molecular formula is C23H26BN3O4. The van der Waals surface area contributed by atoms with Crippen LogP contribution in [0, 0.1) is 11.3 Å². The standard InChI is InChI=1S/C23H26BN3O4/c1-22(2)23(3,4)31-24(30-22)19(13-20-12-18(14-25)10-11-26-20)15-27-21(28)29-16-17-8-6-5-7-9-17/h5-13H,15-16H2,1-4H3,(H,27,28). The van der Waals surface area contributed by atoms with Crippen LogP contribution in [0.15, 0.2) is 54.1 Å². The summed E-state index contributed by atoms with van der Waals surface area (Å²) < 4.78 is 17.6. The monoisotopic (exact) mass is 419 g/mol. The zero-order valence-corrected chi connectivity index (χ0v) is 18.2. The first-order valence-electron chi connectivity index (χ1n) is 10.1. The Balaban J connectivity index is 1.74. The van der Waals surface area contributed by atoms with Gasteiger partial charge < -0.3 is 19.4 Å². The minimum atomic E-state index is -0.674. The Hall–Kier alpha value is -3.15. The largest absolute Gasteiger partial charge is 0.492 e. The highest BCUT2D eigenvalue weighted by Gasteiger charge is 2.52. The summed E-state index contributed by atoms with van der Waals surface area (Å²) in [5.74, 6) is 0. The van der Waals surface area contributed by atoms with Crippen LogP contribution in [-0.2, 0) is 20.7 Å². The van der Waals surface area contributed by atoms with E-state index < -0.39 is 24.4 Å². The molecule has 0 bridgehead atoms. The van der Waals surface area contributed by atoms with Gasteiger partial charge in [0.15, 0.2) is 0 Å². The van der Waals surface area contributed by atoms with E-state index in [2.05, 4.69) is 16.4 Å². The van der Waals surface area contributed by atoms with Crippen LogP contribution in [0.5, 0.6) is 0 Å². The molecule has 1 aliphatic rings. The maximum absolute atomic E-state index is 12.2. The first-order chi connectivity index (χ1) is 14.7. The number of carbonyl (C=O) groups is 1. The van der Waals surface area contributed by atoms with E-state index in [1.165, 1.54) is 0 Å². The molecule has 1 fully saturated rings. The van der Waals surface area contributed by atoms with Crippen LogP contribution < -0.4 is 5.32 Å². The number of nitriles is 1. The van der Waals surface area contributed by atoms with Gasteiger partial charge in [-0.25, -0.2) is 4.79 Å². The Morgan fingerprint density at radius 2 is 1.87 bits per heavy atom. The fourth-order valence-electron chi connectivity index (χ4n) is 2.93. The summed E-state index contributed by atoms with van der Waals surface area (Å²) in [6, 6.07) is 14.8. The minimum absolute atomic E-state index is 0.142. The predicted molar refractivity (Wildman–Crippen MR) is 118 cm³/mol. The summed E-state index contributed by atoms with van der Waals surface area (Å²) in [4.78, 5) is 16.5. The number of hydrogen-bond acceptors (Lipinski definition) is 6. The average Bonchev–Trinajstić information content (AvgIpc) is 2.97. The Labute approximate surface area is 183 Å². The molecule has 3 rings (SSSR count). The number of rotatable bonds is 6. The third-order valence-electron chi connectivity index (χ3n) is 5.45. The van der Waals surface area contributed by atoms with Crippen molar-refractivity contribution in [2.45, 2.75) is 45.5 Å². The van der Waals surface area contributed by atoms with Gasteiger partial charge in [0.05, 0.1) is 28.5 Å². The molecule has 2 heterocycles. The molecule has 7 nitrogen and oxygen atoms in total. The van der Waals surface area contributed by atoms with E-state index in [9.17, 15) is 4.79 Å². The Kier molecular flexibility index (Phi) is 6.79. The highest BCUT2D eigenvalue weighted by atomic mass is 16.7. The molecule has 1 aromatic carbocycles. The zero-order valence-electron chi connectivity index (χ0n) is 18.2. The van der Waals surface area contributed by atoms with Gasteiger partial charge in [0, 0.05) is 12.7 Å². The van der Waals surface area contributed by atoms with Crippen molar-refractivity contribution in [2.75, 3.05) is 6.54 Å². The SMILES string of the molecule is CC1(C)OB(C(=Cc2cc(C#N)ccn2)CNC(=O)OCc2ccccc2)OC1(C)C. The van der Waals surface area contributed by atoms with Crippen LogP contribution in [-0.4, -0.2) is 35.9 Å². The topological polar surface area (TPSA) is 93.5 Å². The number of hydrogen-bond donors (Lipinski definition) is 1. The molecule has 0 atom stereocenters. The van der Waals surface area contributed by atoms with Gasteiger partial charge in [-0.3, -0.25) is 4.98 Å². The molecule has 0 aliphatic carbocycles. The molecule has 1 N–H and O–H groups in total. The van der Waals surface area contributed by atoms with Crippen molar-refractivity contribution in [2.24, 2.45) is 0 Å². The van der Waals surface area contributed by atoms with Crippen molar-refractivity contribution in [1.82, 2.24) is 10.3 Å². The summed E-state index contributed by atoms with van der Waals surface area (Å²) in [6.45, 7) is 8.15. The molecule has 1 aliphatic heterocycles. The van der Waals surface area contributed by atoms with E-state index in [4.69, 9.17) is 19.3 Å². The van der Waals surface area contributed by atoms with Gasteiger partial charge in [-0.15, -0.1) is 0 Å². The van der Waals surface area contributed by atoms with Gasteiger partial charge >= 0.3 is 13.2 Å². The summed E-state index contributed by atoms with van der Waals surface area (Å²) in [7, 11) is -0.674. The molecule has 1 amide bonds. The lowest BCUT2D eigenvalue weighted by atomic mass is 9.77. The number of carbonyl (C=O) groups excluding carboxylic acids is 1. The van der Waals surface area contributed by atoms with Crippen LogP contribution in [0.4, 0.5) is 4.79 Å². The minimum Gasteiger partial charge on any atom is -0.445 e. The Bertz CT molecular complexity index is 983. The third kappa shape index (κ3) is 5.72. The maximum atomic E-state index is 12.2. The number of alkyl carbamates (subject to hydrolysis) is 1. The fourth-order valence-corrected chi connectivity index (χ4v) is 2.93. The van der Waals surface area contributed by atoms with Crippen LogP contribution in [0.1, 0.15) is 44.5 Å².